The Bertz CT molecular complexity index is 1590. The van der Waals surface area contributed by atoms with Crippen LogP contribution in [-0.4, -0.2) is 54.7 Å². The molecule has 1 fully saturated rings. The summed E-state index contributed by atoms with van der Waals surface area (Å²) in [4.78, 5) is 4.57. The molecule has 0 saturated heterocycles. The largest absolute Gasteiger partial charge is 0.492 e. The molecule has 0 radical (unpaired) electrons. The number of methoxy groups -OCH3 is 2. The number of pyridine rings is 1. The first-order valence-corrected chi connectivity index (χ1v) is 11.9. The summed E-state index contributed by atoms with van der Waals surface area (Å²) in [7, 11) is 3.29. The lowest BCUT2D eigenvalue weighted by atomic mass is 9.81. The van der Waals surface area contributed by atoms with Gasteiger partial charge in [-0.1, -0.05) is 6.07 Å². The topological polar surface area (TPSA) is 92.3 Å². The number of nitrogens with zero attached hydrogens (tertiary/aromatic N) is 7. The summed E-state index contributed by atoms with van der Waals surface area (Å²) >= 11 is 0. The van der Waals surface area contributed by atoms with Crippen molar-refractivity contribution in [2.75, 3.05) is 14.2 Å². The molecule has 184 valence electrons. The number of hydrogen-bond acceptors (Lipinski definition) is 7. The third-order valence-corrected chi connectivity index (χ3v) is 7.04. The van der Waals surface area contributed by atoms with Gasteiger partial charge in [-0.2, -0.15) is 5.10 Å². The zero-order chi connectivity index (χ0) is 25.0. The third kappa shape index (κ3) is 3.43. The molecule has 5 aromatic rings. The number of benzene rings is 1. The molecule has 6 rings (SSSR count). The highest BCUT2D eigenvalue weighted by molar-refractivity contribution is 5.91. The Balaban J connectivity index is 1.46. The van der Waals surface area contributed by atoms with Crippen LogP contribution < -0.4 is 4.74 Å². The van der Waals surface area contributed by atoms with Gasteiger partial charge in [0.2, 0.25) is 5.65 Å². The molecule has 0 atom stereocenters. The van der Waals surface area contributed by atoms with Gasteiger partial charge in [-0.25, -0.2) is 9.37 Å². The van der Waals surface area contributed by atoms with Crippen molar-refractivity contribution in [1.29, 1.82) is 0 Å². The maximum absolute atomic E-state index is 15.2. The van der Waals surface area contributed by atoms with Gasteiger partial charge in [-0.15, -0.1) is 15.3 Å². The van der Waals surface area contributed by atoms with Gasteiger partial charge in [0.15, 0.2) is 11.4 Å². The number of hydrogen-bond donors (Lipinski definition) is 0. The molecular weight excluding hydrogens is 461 g/mol. The van der Waals surface area contributed by atoms with Gasteiger partial charge in [-0.05, 0) is 50.5 Å². The number of imidazole rings is 1. The highest BCUT2D eigenvalue weighted by Crippen LogP contribution is 2.41. The van der Waals surface area contributed by atoms with Gasteiger partial charge in [0, 0.05) is 42.0 Å². The van der Waals surface area contributed by atoms with Crippen LogP contribution >= 0.6 is 0 Å². The lowest BCUT2D eigenvalue weighted by molar-refractivity contribution is 0.0234. The van der Waals surface area contributed by atoms with Crippen LogP contribution in [0.5, 0.6) is 5.75 Å². The highest BCUT2D eigenvalue weighted by Gasteiger charge is 2.34. The average Bonchev–Trinajstić information content (AvgIpc) is 3.48. The van der Waals surface area contributed by atoms with Crippen molar-refractivity contribution in [3.8, 4) is 28.0 Å². The molecule has 0 aliphatic heterocycles. The van der Waals surface area contributed by atoms with E-state index < -0.39 is 0 Å². The van der Waals surface area contributed by atoms with E-state index in [9.17, 15) is 0 Å². The molecular formula is C26H26FN7O2. The van der Waals surface area contributed by atoms with Crippen molar-refractivity contribution >= 4 is 16.8 Å². The molecule has 1 saturated carbocycles. The van der Waals surface area contributed by atoms with Crippen LogP contribution in [0.3, 0.4) is 0 Å². The maximum atomic E-state index is 15.2. The van der Waals surface area contributed by atoms with Crippen LogP contribution in [0.1, 0.15) is 44.5 Å². The van der Waals surface area contributed by atoms with Crippen LogP contribution in [0.25, 0.3) is 39.1 Å². The maximum Gasteiger partial charge on any atom is 0.203 e. The van der Waals surface area contributed by atoms with Crippen LogP contribution in [0.2, 0.25) is 0 Å². The summed E-state index contributed by atoms with van der Waals surface area (Å²) in [6, 6.07) is 7.01. The second-order valence-electron chi connectivity index (χ2n) is 9.41. The Hall–Kier alpha value is -3.92. The molecule has 4 aromatic heterocycles. The number of fused-ring (bicyclic) bond motifs is 2. The van der Waals surface area contributed by atoms with Gasteiger partial charge in [0.05, 0.1) is 25.7 Å². The van der Waals surface area contributed by atoms with E-state index >= 15 is 4.39 Å². The Morgan fingerprint density at radius 1 is 1.00 bits per heavy atom. The summed E-state index contributed by atoms with van der Waals surface area (Å²) in [5.41, 5.74) is 4.52. The first-order chi connectivity index (χ1) is 17.5. The molecule has 0 unspecified atom stereocenters. The second-order valence-corrected chi connectivity index (χ2v) is 9.41. The molecule has 36 heavy (non-hydrogen) atoms. The van der Waals surface area contributed by atoms with E-state index in [1.54, 1.807) is 38.9 Å². The molecule has 1 aromatic carbocycles. The zero-order valence-corrected chi connectivity index (χ0v) is 20.5. The van der Waals surface area contributed by atoms with Gasteiger partial charge in [0.25, 0.3) is 0 Å². The van der Waals surface area contributed by atoms with Crippen molar-refractivity contribution in [3.05, 3.63) is 54.6 Å². The van der Waals surface area contributed by atoms with Gasteiger partial charge >= 0.3 is 0 Å². The normalized spacial score (nSPS) is 17.7. The van der Waals surface area contributed by atoms with Crippen molar-refractivity contribution in [2.24, 2.45) is 0 Å². The van der Waals surface area contributed by atoms with E-state index in [1.165, 1.54) is 6.07 Å². The summed E-state index contributed by atoms with van der Waals surface area (Å²) in [6.45, 7) is 4.12. The smallest absolute Gasteiger partial charge is 0.203 e. The SMILES string of the molecule is COc1c(-c2cc(-c3cnnc4c3ncn4C(C)C)ccc2F)ccn2c(C3CC(OC)C3)nnc12. The fraction of sp³-hybridized carbons (Fsp3) is 0.346. The van der Waals surface area contributed by atoms with Crippen molar-refractivity contribution in [1.82, 2.24) is 34.3 Å². The average molecular weight is 488 g/mol. The summed E-state index contributed by atoms with van der Waals surface area (Å²) in [5.74, 6) is 1.24. The number of rotatable bonds is 6. The standard InChI is InChI=1S/C26H26FN7O2/c1-14(2)34-13-28-22-20(12-29-30-25(22)34)15-5-6-21(27)19(11-15)18-7-8-33-24(16-9-17(10-16)35-3)31-32-26(33)23(18)36-4/h5-8,11-14,16-17H,9-10H2,1-4H3. The molecule has 10 heteroatoms. The number of ether oxygens (including phenoxy) is 2. The van der Waals surface area contributed by atoms with Crippen LogP contribution in [0.15, 0.2) is 43.0 Å². The second kappa shape index (κ2) is 8.63. The first-order valence-electron chi connectivity index (χ1n) is 11.9. The summed E-state index contributed by atoms with van der Waals surface area (Å²) < 4.78 is 30.3. The lowest BCUT2D eigenvalue weighted by Gasteiger charge is -2.32. The molecule has 1 aliphatic rings. The van der Waals surface area contributed by atoms with Crippen LogP contribution in [-0.2, 0) is 4.74 Å². The minimum Gasteiger partial charge on any atom is -0.492 e. The molecule has 9 nitrogen and oxygen atoms in total. The minimum absolute atomic E-state index is 0.188. The minimum atomic E-state index is -0.367. The Labute approximate surface area is 206 Å². The lowest BCUT2D eigenvalue weighted by Crippen LogP contribution is -2.29. The van der Waals surface area contributed by atoms with Crippen LogP contribution in [0.4, 0.5) is 4.39 Å². The van der Waals surface area contributed by atoms with Crippen molar-refractivity contribution < 1.29 is 13.9 Å². The van der Waals surface area contributed by atoms with Crippen molar-refractivity contribution in [2.45, 2.75) is 44.8 Å². The molecule has 0 bridgehead atoms. The molecule has 1 aliphatic carbocycles. The number of halogens is 1. The predicted molar refractivity (Wildman–Crippen MR) is 132 cm³/mol. The van der Waals surface area contributed by atoms with Gasteiger partial charge in [-0.3, -0.25) is 4.40 Å². The van der Waals surface area contributed by atoms with E-state index in [2.05, 4.69) is 39.2 Å². The zero-order valence-electron chi connectivity index (χ0n) is 20.5. The van der Waals surface area contributed by atoms with Gasteiger partial charge < -0.3 is 14.0 Å². The fourth-order valence-electron chi connectivity index (χ4n) is 4.95. The quantitative estimate of drug-likeness (QED) is 0.339. The molecule has 0 spiro atoms. The Kier molecular flexibility index (Phi) is 5.40. The van der Waals surface area contributed by atoms with E-state index in [1.807, 2.05) is 21.2 Å². The highest BCUT2D eigenvalue weighted by atomic mass is 19.1. The van der Waals surface area contributed by atoms with E-state index in [-0.39, 0.29) is 23.9 Å². The van der Waals surface area contributed by atoms with Crippen molar-refractivity contribution in [3.63, 3.8) is 0 Å². The molecule has 4 heterocycles. The van der Waals surface area contributed by atoms with Crippen LogP contribution in [0, 0.1) is 5.82 Å². The fourth-order valence-corrected chi connectivity index (χ4v) is 4.95. The van der Waals surface area contributed by atoms with Gasteiger partial charge in [0.1, 0.15) is 17.2 Å². The van der Waals surface area contributed by atoms with E-state index in [0.717, 1.165) is 35.3 Å². The third-order valence-electron chi connectivity index (χ3n) is 7.04. The molecule has 0 amide bonds. The number of aromatic nitrogens is 7. The summed E-state index contributed by atoms with van der Waals surface area (Å²) in [5, 5.41) is 17.3. The summed E-state index contributed by atoms with van der Waals surface area (Å²) in [6.07, 6.45) is 7.35. The van der Waals surface area contributed by atoms with E-state index in [0.29, 0.717) is 28.2 Å². The monoisotopic (exact) mass is 487 g/mol. The van der Waals surface area contributed by atoms with E-state index in [4.69, 9.17) is 9.47 Å². The molecule has 0 N–H and O–H groups in total. The Morgan fingerprint density at radius 3 is 2.58 bits per heavy atom. The first kappa shape index (κ1) is 22.5. The Morgan fingerprint density at radius 2 is 1.83 bits per heavy atom. The predicted octanol–water partition coefficient (Wildman–Crippen LogP) is 4.82.